The first kappa shape index (κ1) is 22.3. The minimum atomic E-state index is -5.00. The SMILES string of the molecule is CCCNC(=O)c1ccc(N2C=CCN(C(=O)c3cccc(F)c3C(F)(F)F)C2)nc1. The van der Waals surface area contributed by atoms with Crippen LogP contribution < -0.4 is 10.2 Å². The van der Waals surface area contributed by atoms with Crippen molar-refractivity contribution in [3.8, 4) is 0 Å². The summed E-state index contributed by atoms with van der Waals surface area (Å²) in [5.41, 5.74) is -1.97. The summed E-state index contributed by atoms with van der Waals surface area (Å²) in [5, 5.41) is 2.73. The summed E-state index contributed by atoms with van der Waals surface area (Å²) in [6, 6.07) is 5.83. The molecule has 2 amide bonds. The van der Waals surface area contributed by atoms with Crippen molar-refractivity contribution in [1.29, 1.82) is 0 Å². The Morgan fingerprint density at radius 2 is 1.97 bits per heavy atom. The topological polar surface area (TPSA) is 65.5 Å². The third-order valence-corrected chi connectivity index (χ3v) is 4.59. The highest BCUT2D eigenvalue weighted by atomic mass is 19.4. The fourth-order valence-corrected chi connectivity index (χ4v) is 3.08. The molecule has 1 N–H and O–H groups in total. The van der Waals surface area contributed by atoms with Gasteiger partial charge < -0.3 is 15.1 Å². The third kappa shape index (κ3) is 5.01. The van der Waals surface area contributed by atoms with Crippen LogP contribution in [0.2, 0.25) is 0 Å². The first-order chi connectivity index (χ1) is 14.7. The van der Waals surface area contributed by atoms with Gasteiger partial charge in [-0.05, 0) is 36.8 Å². The van der Waals surface area contributed by atoms with E-state index in [1.165, 1.54) is 6.20 Å². The highest BCUT2D eigenvalue weighted by Crippen LogP contribution is 2.34. The quantitative estimate of drug-likeness (QED) is 0.724. The number of amides is 2. The van der Waals surface area contributed by atoms with Crippen LogP contribution in [0.1, 0.15) is 39.6 Å². The van der Waals surface area contributed by atoms with Crippen molar-refractivity contribution in [3.63, 3.8) is 0 Å². The minimum absolute atomic E-state index is 0.0562. The molecule has 1 aliphatic heterocycles. The van der Waals surface area contributed by atoms with Crippen LogP contribution in [-0.2, 0) is 6.18 Å². The number of nitrogens with one attached hydrogen (secondary N) is 1. The first-order valence-corrected chi connectivity index (χ1v) is 9.55. The van der Waals surface area contributed by atoms with E-state index in [0.29, 0.717) is 24.0 Å². The first-order valence-electron chi connectivity index (χ1n) is 9.55. The molecule has 6 nitrogen and oxygen atoms in total. The Hall–Kier alpha value is -3.43. The second-order valence-corrected chi connectivity index (χ2v) is 6.84. The number of alkyl halides is 3. The molecule has 0 saturated carbocycles. The molecule has 0 saturated heterocycles. The number of anilines is 1. The number of nitrogens with zero attached hydrogens (tertiary/aromatic N) is 3. The lowest BCUT2D eigenvalue weighted by Gasteiger charge is -2.32. The summed E-state index contributed by atoms with van der Waals surface area (Å²) in [7, 11) is 0. The van der Waals surface area contributed by atoms with E-state index < -0.39 is 29.0 Å². The van der Waals surface area contributed by atoms with Crippen molar-refractivity contribution in [1.82, 2.24) is 15.2 Å². The molecule has 0 atom stereocenters. The molecule has 0 fully saturated rings. The molecule has 0 aliphatic carbocycles. The van der Waals surface area contributed by atoms with Gasteiger partial charge in [0.1, 0.15) is 17.2 Å². The smallest absolute Gasteiger partial charge is 0.352 e. The number of halogens is 4. The Balaban J connectivity index is 1.78. The van der Waals surface area contributed by atoms with Gasteiger partial charge in [-0.2, -0.15) is 13.2 Å². The minimum Gasteiger partial charge on any atom is -0.352 e. The Morgan fingerprint density at radius 1 is 1.19 bits per heavy atom. The zero-order valence-corrected chi connectivity index (χ0v) is 16.6. The summed E-state index contributed by atoms with van der Waals surface area (Å²) in [6.45, 7) is 2.43. The summed E-state index contributed by atoms with van der Waals surface area (Å²) in [5.74, 6) is -2.31. The summed E-state index contributed by atoms with van der Waals surface area (Å²) >= 11 is 0. The summed E-state index contributed by atoms with van der Waals surface area (Å²) < 4.78 is 53.7. The van der Waals surface area contributed by atoms with Gasteiger partial charge in [-0.1, -0.05) is 13.0 Å². The maximum absolute atomic E-state index is 13.8. The van der Waals surface area contributed by atoms with Gasteiger partial charge in [-0.25, -0.2) is 9.37 Å². The Kier molecular flexibility index (Phi) is 6.57. The maximum Gasteiger partial charge on any atom is 0.420 e. The standard InChI is InChI=1S/C21H20F4N4O2/c1-2-9-26-19(30)14-7-8-17(27-12-14)28-10-4-11-29(13-28)20(31)15-5-3-6-16(22)18(15)21(23,24)25/h3-8,10,12H,2,9,11,13H2,1H3,(H,26,30). The predicted molar refractivity (Wildman–Crippen MR) is 106 cm³/mol. The highest BCUT2D eigenvalue weighted by Gasteiger charge is 2.39. The average molecular weight is 436 g/mol. The molecule has 2 aromatic rings. The molecule has 0 unspecified atom stereocenters. The van der Waals surface area contributed by atoms with E-state index in [4.69, 9.17) is 0 Å². The van der Waals surface area contributed by atoms with Gasteiger partial charge in [0.15, 0.2) is 0 Å². The van der Waals surface area contributed by atoms with Gasteiger partial charge in [0.2, 0.25) is 0 Å². The van der Waals surface area contributed by atoms with Gasteiger partial charge in [0.25, 0.3) is 11.8 Å². The van der Waals surface area contributed by atoms with E-state index in [1.807, 2.05) is 6.92 Å². The number of hydrogen-bond donors (Lipinski definition) is 1. The molecule has 0 bridgehead atoms. The molecular weight excluding hydrogens is 416 g/mol. The monoisotopic (exact) mass is 436 g/mol. The zero-order chi connectivity index (χ0) is 22.6. The molecule has 3 rings (SSSR count). The Labute approximate surface area is 176 Å². The highest BCUT2D eigenvalue weighted by molar-refractivity contribution is 5.96. The fraction of sp³-hybridized carbons (Fsp3) is 0.286. The van der Waals surface area contributed by atoms with Crippen molar-refractivity contribution in [2.45, 2.75) is 19.5 Å². The van der Waals surface area contributed by atoms with Crippen LogP contribution >= 0.6 is 0 Å². The number of carbonyl (C=O) groups is 2. The Morgan fingerprint density at radius 3 is 2.61 bits per heavy atom. The lowest BCUT2D eigenvalue weighted by molar-refractivity contribution is -0.140. The molecular formula is C21H20F4N4O2. The van der Waals surface area contributed by atoms with Gasteiger partial charge in [0.05, 0.1) is 17.8 Å². The third-order valence-electron chi connectivity index (χ3n) is 4.59. The van der Waals surface area contributed by atoms with Crippen LogP contribution in [0, 0.1) is 5.82 Å². The fourth-order valence-electron chi connectivity index (χ4n) is 3.08. The van der Waals surface area contributed by atoms with Crippen molar-refractivity contribution in [3.05, 3.63) is 71.3 Å². The van der Waals surface area contributed by atoms with Crippen molar-refractivity contribution >= 4 is 17.6 Å². The number of rotatable bonds is 5. The Bertz CT molecular complexity index is 990. The number of pyridine rings is 1. The van der Waals surface area contributed by atoms with E-state index in [1.54, 1.807) is 29.3 Å². The molecule has 2 heterocycles. The van der Waals surface area contributed by atoms with Crippen molar-refractivity contribution in [2.75, 3.05) is 24.7 Å². The molecule has 1 aromatic heterocycles. The number of hydrogen-bond acceptors (Lipinski definition) is 4. The molecule has 1 aliphatic rings. The lowest BCUT2D eigenvalue weighted by Crippen LogP contribution is -2.43. The van der Waals surface area contributed by atoms with Crippen LogP contribution in [0.5, 0.6) is 0 Å². The number of benzene rings is 1. The molecule has 31 heavy (non-hydrogen) atoms. The van der Waals surface area contributed by atoms with Crippen LogP contribution in [0.4, 0.5) is 23.4 Å². The van der Waals surface area contributed by atoms with Crippen molar-refractivity contribution < 1.29 is 27.2 Å². The number of carbonyl (C=O) groups excluding carboxylic acids is 2. The van der Waals surface area contributed by atoms with E-state index in [2.05, 4.69) is 10.3 Å². The van der Waals surface area contributed by atoms with E-state index in [0.717, 1.165) is 23.5 Å². The zero-order valence-electron chi connectivity index (χ0n) is 16.6. The number of aromatic nitrogens is 1. The van der Waals surface area contributed by atoms with Gasteiger partial charge in [-0.15, -0.1) is 0 Å². The summed E-state index contributed by atoms with van der Waals surface area (Å²) in [4.78, 5) is 31.6. The second kappa shape index (κ2) is 9.15. The normalized spacial score (nSPS) is 14.0. The van der Waals surface area contributed by atoms with Gasteiger partial charge in [0, 0.05) is 25.5 Å². The molecule has 0 spiro atoms. The molecule has 1 aromatic carbocycles. The maximum atomic E-state index is 13.8. The average Bonchev–Trinajstić information content (AvgIpc) is 2.76. The van der Waals surface area contributed by atoms with Gasteiger partial charge in [-0.3, -0.25) is 9.59 Å². The van der Waals surface area contributed by atoms with Crippen LogP contribution in [0.25, 0.3) is 0 Å². The van der Waals surface area contributed by atoms with E-state index >= 15 is 0 Å². The predicted octanol–water partition coefficient (Wildman–Crippen LogP) is 3.81. The van der Waals surface area contributed by atoms with E-state index in [-0.39, 0.29) is 19.1 Å². The second-order valence-electron chi connectivity index (χ2n) is 6.84. The van der Waals surface area contributed by atoms with Crippen LogP contribution in [-0.4, -0.2) is 41.5 Å². The van der Waals surface area contributed by atoms with Crippen LogP contribution in [0.3, 0.4) is 0 Å². The molecule has 164 valence electrons. The molecule has 10 heteroatoms. The van der Waals surface area contributed by atoms with Crippen molar-refractivity contribution in [2.24, 2.45) is 0 Å². The van der Waals surface area contributed by atoms with Crippen LogP contribution in [0.15, 0.2) is 48.8 Å². The largest absolute Gasteiger partial charge is 0.420 e. The van der Waals surface area contributed by atoms with Gasteiger partial charge >= 0.3 is 6.18 Å². The lowest BCUT2D eigenvalue weighted by atomic mass is 10.0. The van der Waals surface area contributed by atoms with E-state index in [9.17, 15) is 27.2 Å². The summed E-state index contributed by atoms with van der Waals surface area (Å²) in [6.07, 6.45) is 0.387. The molecule has 0 radical (unpaired) electrons.